The lowest BCUT2D eigenvalue weighted by molar-refractivity contribution is 0.0723. The second-order valence-electron chi connectivity index (χ2n) is 6.06. The summed E-state index contributed by atoms with van der Waals surface area (Å²) in [6.07, 6.45) is 4.10. The Bertz CT molecular complexity index is 575. The minimum absolute atomic E-state index is 0.195. The number of aromatic nitrogens is 1. The lowest BCUT2D eigenvalue weighted by Gasteiger charge is -2.22. The highest BCUT2D eigenvalue weighted by Gasteiger charge is 2.28. The van der Waals surface area contributed by atoms with E-state index in [1.165, 1.54) is 12.8 Å². The van der Waals surface area contributed by atoms with Gasteiger partial charge in [-0.1, -0.05) is 0 Å². The summed E-state index contributed by atoms with van der Waals surface area (Å²) >= 11 is 1.65. The van der Waals surface area contributed by atoms with Crippen LogP contribution in [0.5, 0.6) is 0 Å². The van der Waals surface area contributed by atoms with Crippen LogP contribution in [-0.2, 0) is 14.8 Å². The van der Waals surface area contributed by atoms with E-state index in [-0.39, 0.29) is 17.7 Å². The van der Waals surface area contributed by atoms with E-state index in [0.29, 0.717) is 19.1 Å². The Morgan fingerprint density at radius 1 is 1.38 bits per heavy atom. The second-order valence-corrected chi connectivity index (χ2v) is 8.75. The molecule has 1 atom stereocenters. The van der Waals surface area contributed by atoms with E-state index in [2.05, 4.69) is 9.71 Å². The van der Waals surface area contributed by atoms with Crippen LogP contribution in [0.3, 0.4) is 0 Å². The van der Waals surface area contributed by atoms with Gasteiger partial charge in [0.1, 0.15) is 0 Å². The second kappa shape index (κ2) is 6.32. The zero-order chi connectivity index (χ0) is 14.9. The fourth-order valence-electron chi connectivity index (χ4n) is 2.62. The lowest BCUT2D eigenvalue weighted by atomic mass is 10.0. The zero-order valence-corrected chi connectivity index (χ0v) is 13.9. The Labute approximate surface area is 130 Å². The average molecular weight is 330 g/mol. The Morgan fingerprint density at radius 2 is 2.10 bits per heavy atom. The number of nitrogens with zero attached hydrogens (tertiary/aromatic N) is 1. The van der Waals surface area contributed by atoms with Gasteiger partial charge in [-0.2, -0.15) is 0 Å². The molecule has 21 heavy (non-hydrogen) atoms. The third kappa shape index (κ3) is 4.25. The van der Waals surface area contributed by atoms with E-state index in [1.54, 1.807) is 11.3 Å². The van der Waals surface area contributed by atoms with E-state index in [1.807, 2.05) is 12.3 Å². The molecular weight excluding hydrogens is 308 g/mol. The number of thiazole rings is 1. The third-order valence-corrected chi connectivity index (χ3v) is 6.71. The van der Waals surface area contributed by atoms with Crippen molar-refractivity contribution in [3.63, 3.8) is 0 Å². The normalized spacial score (nSPS) is 22.3. The van der Waals surface area contributed by atoms with Gasteiger partial charge in [0, 0.05) is 24.5 Å². The molecule has 3 rings (SSSR count). The van der Waals surface area contributed by atoms with Crippen molar-refractivity contribution in [3.8, 4) is 0 Å². The first-order valence-corrected chi connectivity index (χ1v) is 10.1. The maximum absolute atomic E-state index is 12.3. The quantitative estimate of drug-likeness (QED) is 0.870. The van der Waals surface area contributed by atoms with Crippen molar-refractivity contribution in [1.29, 1.82) is 0 Å². The molecule has 2 heterocycles. The van der Waals surface area contributed by atoms with Gasteiger partial charge in [-0.25, -0.2) is 18.1 Å². The standard InChI is InChI=1S/C14H22N2O3S2/c1-10(13-8-20-14(15-13)12-2-3-12)16-21(17,18)9-11-4-6-19-7-5-11/h8,10-12,16H,2-7,9H2,1H3/t10-/m1/s1. The van der Waals surface area contributed by atoms with Crippen LogP contribution in [0.2, 0.25) is 0 Å². The number of rotatable bonds is 6. The van der Waals surface area contributed by atoms with Gasteiger partial charge in [0.15, 0.2) is 0 Å². The maximum Gasteiger partial charge on any atom is 0.212 e. The lowest BCUT2D eigenvalue weighted by Crippen LogP contribution is -2.34. The van der Waals surface area contributed by atoms with Gasteiger partial charge in [0.2, 0.25) is 10.0 Å². The van der Waals surface area contributed by atoms with E-state index in [4.69, 9.17) is 4.74 Å². The topological polar surface area (TPSA) is 68.3 Å². The van der Waals surface area contributed by atoms with Crippen molar-refractivity contribution >= 4 is 21.4 Å². The smallest absolute Gasteiger partial charge is 0.212 e. The van der Waals surface area contributed by atoms with Gasteiger partial charge >= 0.3 is 0 Å². The van der Waals surface area contributed by atoms with Crippen LogP contribution < -0.4 is 4.72 Å². The first-order valence-electron chi connectivity index (χ1n) is 7.56. The van der Waals surface area contributed by atoms with Gasteiger partial charge in [-0.15, -0.1) is 11.3 Å². The van der Waals surface area contributed by atoms with Gasteiger partial charge in [-0.05, 0) is 38.5 Å². The Kier molecular flexibility index (Phi) is 4.63. The number of hydrogen-bond acceptors (Lipinski definition) is 5. The van der Waals surface area contributed by atoms with E-state index in [9.17, 15) is 8.42 Å². The molecule has 1 aliphatic heterocycles. The van der Waals surface area contributed by atoms with Crippen molar-refractivity contribution in [1.82, 2.24) is 9.71 Å². The minimum Gasteiger partial charge on any atom is -0.381 e. The van der Waals surface area contributed by atoms with Crippen LogP contribution >= 0.6 is 11.3 Å². The van der Waals surface area contributed by atoms with E-state index < -0.39 is 10.0 Å². The predicted octanol–water partition coefficient (Wildman–Crippen LogP) is 2.43. The summed E-state index contributed by atoms with van der Waals surface area (Å²) in [6, 6.07) is -0.251. The molecule has 1 aromatic rings. The molecular formula is C14H22N2O3S2. The van der Waals surface area contributed by atoms with Crippen LogP contribution in [0.1, 0.15) is 55.3 Å². The first kappa shape index (κ1) is 15.4. The maximum atomic E-state index is 12.3. The van der Waals surface area contributed by atoms with Crippen molar-refractivity contribution in [2.75, 3.05) is 19.0 Å². The zero-order valence-electron chi connectivity index (χ0n) is 12.2. The number of sulfonamides is 1. The third-order valence-electron chi connectivity index (χ3n) is 4.06. The molecule has 2 fully saturated rings. The molecule has 0 bridgehead atoms. The molecule has 2 aliphatic rings. The number of ether oxygens (including phenoxy) is 1. The fraction of sp³-hybridized carbons (Fsp3) is 0.786. The van der Waals surface area contributed by atoms with Crippen molar-refractivity contribution < 1.29 is 13.2 Å². The summed E-state index contributed by atoms with van der Waals surface area (Å²) in [5, 5.41) is 3.13. The fourth-order valence-corrected chi connectivity index (χ4v) is 5.41. The van der Waals surface area contributed by atoms with Crippen LogP contribution in [-0.4, -0.2) is 32.4 Å². The van der Waals surface area contributed by atoms with Crippen LogP contribution in [0.25, 0.3) is 0 Å². The van der Waals surface area contributed by atoms with E-state index in [0.717, 1.165) is 23.5 Å². The highest BCUT2D eigenvalue weighted by molar-refractivity contribution is 7.89. The van der Waals surface area contributed by atoms with Gasteiger partial charge < -0.3 is 4.74 Å². The summed E-state index contributed by atoms with van der Waals surface area (Å²) < 4.78 is 32.6. The van der Waals surface area contributed by atoms with Crippen LogP contribution in [0.15, 0.2) is 5.38 Å². The highest BCUT2D eigenvalue weighted by Crippen LogP contribution is 2.41. The van der Waals surface area contributed by atoms with Gasteiger partial charge in [0.05, 0.1) is 22.5 Å². The molecule has 1 aromatic heterocycles. The van der Waals surface area contributed by atoms with Crippen LogP contribution in [0, 0.1) is 5.92 Å². The SMILES string of the molecule is C[C@@H](NS(=O)(=O)CC1CCOCC1)c1csc(C2CC2)n1. The van der Waals surface area contributed by atoms with Gasteiger partial charge in [0.25, 0.3) is 0 Å². The first-order chi connectivity index (χ1) is 10.0. The molecule has 7 heteroatoms. The molecule has 1 saturated heterocycles. The van der Waals surface area contributed by atoms with Crippen molar-refractivity contribution in [3.05, 3.63) is 16.1 Å². The Hall–Kier alpha value is -0.500. The molecule has 1 saturated carbocycles. The van der Waals surface area contributed by atoms with E-state index >= 15 is 0 Å². The largest absolute Gasteiger partial charge is 0.381 e. The summed E-state index contributed by atoms with van der Waals surface area (Å²) in [7, 11) is -3.26. The molecule has 1 N–H and O–H groups in total. The molecule has 5 nitrogen and oxygen atoms in total. The predicted molar refractivity (Wildman–Crippen MR) is 83.0 cm³/mol. The molecule has 118 valence electrons. The summed E-state index contributed by atoms with van der Waals surface area (Å²) in [4.78, 5) is 4.57. The molecule has 0 unspecified atom stereocenters. The summed E-state index contributed by atoms with van der Waals surface area (Å²) in [5.74, 6) is 1.02. The summed E-state index contributed by atoms with van der Waals surface area (Å²) in [6.45, 7) is 3.21. The highest BCUT2D eigenvalue weighted by atomic mass is 32.2. The molecule has 0 amide bonds. The number of hydrogen-bond donors (Lipinski definition) is 1. The molecule has 0 aromatic carbocycles. The average Bonchev–Trinajstić information content (AvgIpc) is 3.16. The Morgan fingerprint density at radius 3 is 2.76 bits per heavy atom. The molecule has 1 aliphatic carbocycles. The molecule has 0 radical (unpaired) electrons. The number of nitrogens with one attached hydrogen (secondary N) is 1. The van der Waals surface area contributed by atoms with Crippen molar-refractivity contribution in [2.24, 2.45) is 5.92 Å². The Balaban J connectivity index is 1.57. The molecule has 0 spiro atoms. The van der Waals surface area contributed by atoms with Gasteiger partial charge in [-0.3, -0.25) is 0 Å². The van der Waals surface area contributed by atoms with Crippen LogP contribution in [0.4, 0.5) is 0 Å². The van der Waals surface area contributed by atoms with Crippen molar-refractivity contribution in [2.45, 2.75) is 44.6 Å². The summed E-state index contributed by atoms with van der Waals surface area (Å²) in [5.41, 5.74) is 0.845. The monoisotopic (exact) mass is 330 g/mol. The minimum atomic E-state index is -3.26.